The second-order valence-electron chi connectivity index (χ2n) is 4.67. The second kappa shape index (κ2) is 6.17. The zero-order valence-corrected chi connectivity index (χ0v) is 11.1. The van der Waals surface area contributed by atoms with E-state index in [1.54, 1.807) is 6.20 Å². The van der Waals surface area contributed by atoms with E-state index in [9.17, 15) is 0 Å². The van der Waals surface area contributed by atoms with Crippen LogP contribution in [0.25, 0.3) is 0 Å². The number of nitriles is 1. The average molecular weight is 254 g/mol. The van der Waals surface area contributed by atoms with E-state index >= 15 is 0 Å². The molecule has 0 bridgehead atoms. The van der Waals surface area contributed by atoms with Crippen molar-refractivity contribution in [3.63, 3.8) is 0 Å². The van der Waals surface area contributed by atoms with Gasteiger partial charge in [-0.25, -0.2) is 4.98 Å². The molecule has 0 fully saturated rings. The molecule has 1 atom stereocenters. The van der Waals surface area contributed by atoms with Gasteiger partial charge in [0.2, 0.25) is 0 Å². The van der Waals surface area contributed by atoms with E-state index < -0.39 is 0 Å². The quantitative estimate of drug-likeness (QED) is 0.891. The summed E-state index contributed by atoms with van der Waals surface area (Å²) in [5.74, 6) is 0. The molecule has 0 aliphatic carbocycles. The fourth-order valence-electron chi connectivity index (χ4n) is 2.10. The zero-order chi connectivity index (χ0) is 13.7. The monoisotopic (exact) mass is 254 g/mol. The van der Waals surface area contributed by atoms with E-state index in [4.69, 9.17) is 11.0 Å². The molecule has 98 valence electrons. The van der Waals surface area contributed by atoms with Gasteiger partial charge < -0.3 is 10.3 Å². The van der Waals surface area contributed by atoms with Gasteiger partial charge in [-0.2, -0.15) is 5.26 Å². The first-order valence-corrected chi connectivity index (χ1v) is 6.49. The molecule has 19 heavy (non-hydrogen) atoms. The fraction of sp³-hybridized carbons (Fsp3) is 0.333. The summed E-state index contributed by atoms with van der Waals surface area (Å²) >= 11 is 0. The van der Waals surface area contributed by atoms with E-state index in [0.29, 0.717) is 5.69 Å². The minimum Gasteiger partial charge on any atom is -0.350 e. The summed E-state index contributed by atoms with van der Waals surface area (Å²) in [6, 6.07) is 7.96. The molecule has 2 N–H and O–H groups in total. The van der Waals surface area contributed by atoms with Gasteiger partial charge in [0.25, 0.3) is 0 Å². The molecule has 0 saturated heterocycles. The Hall–Kier alpha value is -2.12. The number of hydrogen-bond donors (Lipinski definition) is 1. The molecule has 4 heteroatoms. The Morgan fingerprint density at radius 3 is 3.05 bits per heavy atom. The lowest BCUT2D eigenvalue weighted by molar-refractivity contribution is 0.636. The third kappa shape index (κ3) is 3.43. The van der Waals surface area contributed by atoms with Crippen molar-refractivity contribution >= 4 is 0 Å². The zero-order valence-electron chi connectivity index (χ0n) is 11.1. The van der Waals surface area contributed by atoms with Crippen LogP contribution in [-0.2, 0) is 6.54 Å². The van der Waals surface area contributed by atoms with Crippen LogP contribution in [0.5, 0.6) is 0 Å². The number of nitrogens with two attached hydrogens (primary N) is 1. The second-order valence-corrected chi connectivity index (χ2v) is 4.67. The highest BCUT2D eigenvalue weighted by atomic mass is 14.9. The van der Waals surface area contributed by atoms with E-state index in [1.807, 2.05) is 18.3 Å². The summed E-state index contributed by atoms with van der Waals surface area (Å²) < 4.78 is 2.08. The van der Waals surface area contributed by atoms with Crippen LogP contribution in [-0.4, -0.2) is 9.55 Å². The van der Waals surface area contributed by atoms with Crippen LogP contribution in [0, 0.1) is 11.3 Å². The van der Waals surface area contributed by atoms with Gasteiger partial charge in [-0.05, 0) is 35.7 Å². The molecule has 0 amide bonds. The van der Waals surface area contributed by atoms with Crippen molar-refractivity contribution in [3.05, 3.63) is 53.6 Å². The Morgan fingerprint density at radius 2 is 2.32 bits per heavy atom. The third-order valence-electron chi connectivity index (χ3n) is 3.11. The predicted molar refractivity (Wildman–Crippen MR) is 74.3 cm³/mol. The normalized spacial score (nSPS) is 12.1. The highest BCUT2D eigenvalue weighted by Gasteiger charge is 2.06. The van der Waals surface area contributed by atoms with Gasteiger partial charge in [0.15, 0.2) is 0 Å². The Labute approximate surface area is 113 Å². The van der Waals surface area contributed by atoms with E-state index in [0.717, 1.165) is 30.5 Å². The summed E-state index contributed by atoms with van der Waals surface area (Å²) in [5, 5.41) is 8.83. The van der Waals surface area contributed by atoms with Crippen molar-refractivity contribution in [1.82, 2.24) is 9.55 Å². The molecule has 2 heterocycles. The van der Waals surface area contributed by atoms with Gasteiger partial charge in [-0.1, -0.05) is 13.3 Å². The van der Waals surface area contributed by atoms with E-state index in [-0.39, 0.29) is 6.04 Å². The summed E-state index contributed by atoms with van der Waals surface area (Å²) in [6.07, 6.45) is 7.85. The molecule has 0 radical (unpaired) electrons. The molecule has 1 unspecified atom stereocenters. The lowest BCUT2D eigenvalue weighted by Crippen LogP contribution is -2.08. The molecule has 2 rings (SSSR count). The van der Waals surface area contributed by atoms with Crippen LogP contribution >= 0.6 is 0 Å². The molecule has 2 aromatic rings. The maximum Gasteiger partial charge on any atom is 0.140 e. The Balaban J connectivity index is 2.09. The molecule has 0 aliphatic heterocycles. The van der Waals surface area contributed by atoms with Crippen LogP contribution in [0.2, 0.25) is 0 Å². The van der Waals surface area contributed by atoms with Crippen molar-refractivity contribution in [2.45, 2.75) is 32.4 Å². The summed E-state index contributed by atoms with van der Waals surface area (Å²) in [7, 11) is 0. The van der Waals surface area contributed by atoms with Crippen molar-refractivity contribution in [1.29, 1.82) is 5.26 Å². The first-order valence-electron chi connectivity index (χ1n) is 6.49. The van der Waals surface area contributed by atoms with E-state index in [1.165, 1.54) is 0 Å². The molecular formula is C15H18N4. The Bertz CT molecular complexity index is 580. The standard InChI is InChI=1S/C15H18N4/c1-2-3-15(17)13-5-7-19(11-13)10-12-4-6-18-14(8-12)9-16/h4-8,11,15H,2-3,10,17H2,1H3. The maximum absolute atomic E-state index is 8.83. The molecule has 2 aromatic heterocycles. The molecule has 0 aliphatic rings. The van der Waals surface area contributed by atoms with Crippen molar-refractivity contribution in [3.8, 4) is 6.07 Å². The van der Waals surface area contributed by atoms with Crippen molar-refractivity contribution < 1.29 is 0 Å². The number of rotatable bonds is 5. The van der Waals surface area contributed by atoms with Gasteiger partial charge in [-0.3, -0.25) is 0 Å². The Kier molecular flexibility index (Phi) is 4.32. The van der Waals surface area contributed by atoms with Gasteiger partial charge in [0.05, 0.1) is 0 Å². The molecule has 4 nitrogen and oxygen atoms in total. The average Bonchev–Trinajstić information content (AvgIpc) is 2.88. The maximum atomic E-state index is 8.83. The molecule has 0 aromatic carbocycles. The molecule has 0 spiro atoms. The largest absolute Gasteiger partial charge is 0.350 e. The number of nitrogens with zero attached hydrogens (tertiary/aromatic N) is 3. The number of pyridine rings is 1. The third-order valence-corrected chi connectivity index (χ3v) is 3.11. The van der Waals surface area contributed by atoms with Crippen LogP contribution in [0.3, 0.4) is 0 Å². The van der Waals surface area contributed by atoms with Crippen LogP contribution in [0.15, 0.2) is 36.8 Å². The predicted octanol–water partition coefficient (Wildman–Crippen LogP) is 2.60. The first kappa shape index (κ1) is 13.3. The minimum absolute atomic E-state index is 0.110. The Morgan fingerprint density at radius 1 is 1.47 bits per heavy atom. The lowest BCUT2D eigenvalue weighted by Gasteiger charge is -2.07. The van der Waals surface area contributed by atoms with Crippen LogP contribution in [0.4, 0.5) is 0 Å². The van der Waals surface area contributed by atoms with Crippen molar-refractivity contribution in [2.75, 3.05) is 0 Å². The summed E-state index contributed by atoms with van der Waals surface area (Å²) in [6.45, 7) is 2.87. The fourth-order valence-corrected chi connectivity index (χ4v) is 2.10. The summed E-state index contributed by atoms with van der Waals surface area (Å²) in [4.78, 5) is 3.97. The summed E-state index contributed by atoms with van der Waals surface area (Å²) in [5.41, 5.74) is 8.77. The van der Waals surface area contributed by atoms with Crippen molar-refractivity contribution in [2.24, 2.45) is 5.73 Å². The van der Waals surface area contributed by atoms with Gasteiger partial charge in [-0.15, -0.1) is 0 Å². The first-order chi connectivity index (χ1) is 9.22. The topological polar surface area (TPSA) is 67.6 Å². The molecular weight excluding hydrogens is 236 g/mol. The van der Waals surface area contributed by atoms with Gasteiger partial charge >= 0.3 is 0 Å². The van der Waals surface area contributed by atoms with Crippen LogP contribution < -0.4 is 5.73 Å². The minimum atomic E-state index is 0.110. The molecule has 0 saturated carbocycles. The number of aromatic nitrogens is 2. The SMILES string of the molecule is CCCC(N)c1ccn(Cc2ccnc(C#N)c2)c1. The highest BCUT2D eigenvalue weighted by molar-refractivity contribution is 5.26. The van der Waals surface area contributed by atoms with Crippen LogP contribution in [0.1, 0.15) is 42.6 Å². The smallest absolute Gasteiger partial charge is 0.140 e. The highest BCUT2D eigenvalue weighted by Crippen LogP contribution is 2.16. The van der Waals surface area contributed by atoms with Gasteiger partial charge in [0, 0.05) is 31.2 Å². The lowest BCUT2D eigenvalue weighted by atomic mass is 10.1. The van der Waals surface area contributed by atoms with E-state index in [2.05, 4.69) is 34.8 Å². The van der Waals surface area contributed by atoms with Gasteiger partial charge in [0.1, 0.15) is 11.8 Å². The number of hydrogen-bond acceptors (Lipinski definition) is 3.